The van der Waals surface area contributed by atoms with E-state index in [4.69, 9.17) is 9.47 Å². The van der Waals surface area contributed by atoms with Crippen LogP contribution in [0.1, 0.15) is 0 Å². The molecule has 2 N–H and O–H groups in total. The monoisotopic (exact) mass is 315 g/mol. The third-order valence-electron chi connectivity index (χ3n) is 3.35. The van der Waals surface area contributed by atoms with E-state index in [-0.39, 0.29) is 0 Å². The van der Waals surface area contributed by atoms with E-state index in [1.165, 1.54) is 0 Å². The Bertz CT molecular complexity index is 663. The van der Waals surface area contributed by atoms with Crippen molar-refractivity contribution in [2.24, 2.45) is 0 Å². The van der Waals surface area contributed by atoms with Crippen LogP contribution in [0.15, 0.2) is 30.6 Å². The Morgan fingerprint density at radius 3 is 2.65 bits per heavy atom. The lowest BCUT2D eigenvalue weighted by molar-refractivity contribution is 0.171. The SMILES string of the molecule is CN(C)CCNc1cc(Nc2ccc3c(c2)OCCO3)ncn1. The van der Waals surface area contributed by atoms with Crippen molar-refractivity contribution < 1.29 is 9.47 Å². The molecular formula is C16H21N5O2. The lowest BCUT2D eigenvalue weighted by atomic mass is 10.2. The Morgan fingerprint density at radius 1 is 1.04 bits per heavy atom. The highest BCUT2D eigenvalue weighted by atomic mass is 16.6. The van der Waals surface area contributed by atoms with Gasteiger partial charge in [0.2, 0.25) is 0 Å². The van der Waals surface area contributed by atoms with E-state index in [2.05, 4.69) is 25.5 Å². The quantitative estimate of drug-likeness (QED) is 0.844. The first kappa shape index (κ1) is 15.4. The first-order chi connectivity index (χ1) is 11.2. The number of benzene rings is 1. The highest BCUT2D eigenvalue weighted by molar-refractivity contribution is 5.63. The summed E-state index contributed by atoms with van der Waals surface area (Å²) < 4.78 is 11.1. The number of fused-ring (bicyclic) bond motifs is 1. The van der Waals surface area contributed by atoms with E-state index in [0.29, 0.717) is 13.2 Å². The van der Waals surface area contributed by atoms with Gasteiger partial charge in [-0.1, -0.05) is 0 Å². The number of aromatic nitrogens is 2. The fourth-order valence-corrected chi connectivity index (χ4v) is 2.20. The molecule has 1 aliphatic heterocycles. The number of nitrogens with one attached hydrogen (secondary N) is 2. The number of nitrogens with zero attached hydrogens (tertiary/aromatic N) is 3. The van der Waals surface area contributed by atoms with Gasteiger partial charge in [0.05, 0.1) is 0 Å². The first-order valence-electron chi connectivity index (χ1n) is 7.58. The van der Waals surface area contributed by atoms with Crippen LogP contribution in [0.5, 0.6) is 11.5 Å². The van der Waals surface area contributed by atoms with E-state index < -0.39 is 0 Å². The largest absolute Gasteiger partial charge is 0.486 e. The van der Waals surface area contributed by atoms with E-state index >= 15 is 0 Å². The molecule has 0 amide bonds. The molecule has 1 aromatic heterocycles. The van der Waals surface area contributed by atoms with Gasteiger partial charge in [-0.2, -0.15) is 0 Å². The molecule has 0 saturated heterocycles. The number of hydrogen-bond acceptors (Lipinski definition) is 7. The third-order valence-corrected chi connectivity index (χ3v) is 3.35. The van der Waals surface area contributed by atoms with Gasteiger partial charge in [-0.05, 0) is 26.2 Å². The summed E-state index contributed by atoms with van der Waals surface area (Å²) in [6, 6.07) is 7.63. The minimum atomic E-state index is 0.573. The molecule has 0 atom stereocenters. The summed E-state index contributed by atoms with van der Waals surface area (Å²) in [6.45, 7) is 2.93. The zero-order valence-corrected chi connectivity index (χ0v) is 13.4. The van der Waals surface area contributed by atoms with E-state index in [0.717, 1.165) is 41.9 Å². The summed E-state index contributed by atoms with van der Waals surface area (Å²) in [7, 11) is 4.08. The Balaban J connectivity index is 1.65. The average Bonchev–Trinajstić information content (AvgIpc) is 2.55. The topological polar surface area (TPSA) is 71.5 Å². The maximum absolute atomic E-state index is 5.59. The van der Waals surface area contributed by atoms with E-state index in [1.807, 2.05) is 38.4 Å². The van der Waals surface area contributed by atoms with Crippen LogP contribution in [0, 0.1) is 0 Å². The van der Waals surface area contributed by atoms with Gasteiger partial charge in [0.15, 0.2) is 11.5 Å². The van der Waals surface area contributed by atoms with Crippen molar-refractivity contribution in [1.29, 1.82) is 0 Å². The summed E-state index contributed by atoms with van der Waals surface area (Å²) in [6.07, 6.45) is 1.54. The molecular weight excluding hydrogens is 294 g/mol. The van der Waals surface area contributed by atoms with Gasteiger partial charge in [0.25, 0.3) is 0 Å². The summed E-state index contributed by atoms with van der Waals surface area (Å²) in [4.78, 5) is 10.6. The van der Waals surface area contributed by atoms with Crippen LogP contribution in [0.2, 0.25) is 0 Å². The predicted octanol–water partition coefficient (Wildman–Crippen LogP) is 1.96. The van der Waals surface area contributed by atoms with Gasteiger partial charge in [0.1, 0.15) is 31.2 Å². The lowest BCUT2D eigenvalue weighted by Crippen LogP contribution is -2.21. The number of anilines is 3. The predicted molar refractivity (Wildman–Crippen MR) is 89.8 cm³/mol. The number of likely N-dealkylation sites (N-methyl/N-ethyl adjacent to an activating group) is 1. The highest BCUT2D eigenvalue weighted by Gasteiger charge is 2.12. The maximum Gasteiger partial charge on any atom is 0.163 e. The molecule has 1 aromatic carbocycles. The molecule has 0 spiro atoms. The molecule has 0 saturated carbocycles. The van der Waals surface area contributed by atoms with Crippen molar-refractivity contribution >= 4 is 17.3 Å². The minimum Gasteiger partial charge on any atom is -0.486 e. The average molecular weight is 315 g/mol. The molecule has 23 heavy (non-hydrogen) atoms. The number of hydrogen-bond donors (Lipinski definition) is 2. The van der Waals surface area contributed by atoms with Crippen molar-refractivity contribution in [1.82, 2.24) is 14.9 Å². The molecule has 1 aliphatic rings. The fraction of sp³-hybridized carbons (Fsp3) is 0.375. The summed E-state index contributed by atoms with van der Waals surface area (Å²) >= 11 is 0. The Labute approximate surface area is 135 Å². The van der Waals surface area contributed by atoms with Crippen molar-refractivity contribution in [3.05, 3.63) is 30.6 Å². The van der Waals surface area contributed by atoms with Crippen LogP contribution in [0.4, 0.5) is 17.3 Å². The van der Waals surface area contributed by atoms with Gasteiger partial charge in [-0.25, -0.2) is 9.97 Å². The van der Waals surface area contributed by atoms with Crippen LogP contribution >= 0.6 is 0 Å². The van der Waals surface area contributed by atoms with Crippen molar-refractivity contribution in [3.8, 4) is 11.5 Å². The molecule has 122 valence electrons. The zero-order chi connectivity index (χ0) is 16.1. The zero-order valence-electron chi connectivity index (χ0n) is 13.4. The highest BCUT2D eigenvalue weighted by Crippen LogP contribution is 2.33. The normalized spacial score (nSPS) is 13.0. The van der Waals surface area contributed by atoms with Crippen LogP contribution in [0.3, 0.4) is 0 Å². The first-order valence-corrected chi connectivity index (χ1v) is 7.58. The summed E-state index contributed by atoms with van der Waals surface area (Å²) in [5.74, 6) is 3.04. The summed E-state index contributed by atoms with van der Waals surface area (Å²) in [5.41, 5.74) is 0.896. The standard InChI is InChI=1S/C16H21N5O2/c1-21(2)6-5-17-15-10-16(19-11-18-15)20-12-3-4-13-14(9-12)23-8-7-22-13/h3-4,9-11H,5-8H2,1-2H3,(H2,17,18,19,20). The molecule has 7 heteroatoms. The number of ether oxygens (including phenoxy) is 2. The third kappa shape index (κ3) is 4.23. The Morgan fingerprint density at radius 2 is 1.83 bits per heavy atom. The smallest absolute Gasteiger partial charge is 0.163 e. The molecule has 0 unspecified atom stereocenters. The van der Waals surface area contributed by atoms with Crippen LogP contribution in [-0.4, -0.2) is 55.3 Å². The second-order valence-electron chi connectivity index (χ2n) is 5.50. The Kier molecular flexibility index (Phi) is 4.77. The molecule has 2 heterocycles. The van der Waals surface area contributed by atoms with Crippen LogP contribution in [0.25, 0.3) is 0 Å². The molecule has 3 rings (SSSR count). The van der Waals surface area contributed by atoms with Gasteiger partial charge < -0.3 is 25.0 Å². The fourth-order valence-electron chi connectivity index (χ4n) is 2.20. The van der Waals surface area contributed by atoms with Gasteiger partial charge >= 0.3 is 0 Å². The minimum absolute atomic E-state index is 0.573. The van der Waals surface area contributed by atoms with Crippen molar-refractivity contribution in [2.75, 3.05) is 51.0 Å². The van der Waals surface area contributed by atoms with Crippen LogP contribution < -0.4 is 20.1 Å². The molecule has 0 radical (unpaired) electrons. The summed E-state index contributed by atoms with van der Waals surface area (Å²) in [5, 5.41) is 6.53. The van der Waals surface area contributed by atoms with Crippen molar-refractivity contribution in [3.63, 3.8) is 0 Å². The second kappa shape index (κ2) is 7.15. The maximum atomic E-state index is 5.59. The molecule has 0 aliphatic carbocycles. The van der Waals surface area contributed by atoms with E-state index in [9.17, 15) is 0 Å². The second-order valence-corrected chi connectivity index (χ2v) is 5.50. The van der Waals surface area contributed by atoms with Gasteiger partial charge in [0, 0.05) is 30.9 Å². The molecule has 0 bridgehead atoms. The molecule has 7 nitrogen and oxygen atoms in total. The van der Waals surface area contributed by atoms with Gasteiger partial charge in [-0.3, -0.25) is 0 Å². The molecule has 2 aromatic rings. The van der Waals surface area contributed by atoms with Crippen LogP contribution in [-0.2, 0) is 0 Å². The number of rotatable bonds is 6. The lowest BCUT2D eigenvalue weighted by Gasteiger charge is -2.19. The molecule has 0 fully saturated rings. The van der Waals surface area contributed by atoms with Crippen molar-refractivity contribution in [2.45, 2.75) is 0 Å². The van der Waals surface area contributed by atoms with Gasteiger partial charge in [-0.15, -0.1) is 0 Å². The van der Waals surface area contributed by atoms with E-state index in [1.54, 1.807) is 6.33 Å². The Hall–Kier alpha value is -2.54.